The van der Waals surface area contributed by atoms with Gasteiger partial charge in [0.05, 0.1) is 0 Å². The molecule has 150 valence electrons. The van der Waals surface area contributed by atoms with Crippen molar-refractivity contribution in [1.29, 1.82) is 0 Å². The number of nitrogens with zero attached hydrogens (tertiary/aromatic N) is 3. The van der Waals surface area contributed by atoms with Gasteiger partial charge < -0.3 is 9.64 Å². The second kappa shape index (κ2) is 9.36. The van der Waals surface area contributed by atoms with E-state index in [1.54, 1.807) is 21.3 Å². The number of ether oxygens (including phenoxy) is 1. The third-order valence-corrected chi connectivity index (χ3v) is 7.55. The van der Waals surface area contributed by atoms with Crippen LogP contribution in [0, 0.1) is 0 Å². The van der Waals surface area contributed by atoms with Crippen molar-refractivity contribution in [3.8, 4) is 5.75 Å². The topological polar surface area (TPSA) is 70.2 Å². The number of piperazine rings is 1. The number of hydrogen-bond acceptors (Lipinski definition) is 4. The van der Waals surface area contributed by atoms with Crippen molar-refractivity contribution in [1.82, 2.24) is 13.5 Å². The predicted molar refractivity (Wildman–Crippen MR) is 107 cm³/mol. The van der Waals surface area contributed by atoms with Crippen LogP contribution in [0.3, 0.4) is 0 Å². The molecule has 0 aliphatic carbocycles. The molecule has 1 amide bonds. The molecule has 0 bridgehead atoms. The number of benzene rings is 1. The molecule has 0 saturated carbocycles. The number of halogens is 1. The lowest BCUT2D eigenvalue weighted by atomic mass is 10.2. The second-order valence-corrected chi connectivity index (χ2v) is 9.69. The fourth-order valence-corrected chi connectivity index (χ4v) is 5.31. The summed E-state index contributed by atoms with van der Waals surface area (Å²) in [5.41, 5.74) is 0. The standard InChI is InChI=1S/C18H26BrN3O4S/c19-16-5-7-17(8-6-16)26-15-18(23)20-11-13-22(14-12-20)27(24,25)21-9-3-1-2-4-10-21/h5-8H,1-4,9-15H2. The maximum Gasteiger partial charge on any atom is 0.282 e. The third-order valence-electron chi connectivity index (χ3n) is 4.98. The van der Waals surface area contributed by atoms with Crippen molar-refractivity contribution >= 4 is 32.0 Å². The number of carbonyl (C=O) groups is 1. The summed E-state index contributed by atoms with van der Waals surface area (Å²) in [6.07, 6.45) is 4.02. The maximum atomic E-state index is 12.8. The Bertz CT molecular complexity index is 725. The summed E-state index contributed by atoms with van der Waals surface area (Å²) < 4.78 is 35.2. The molecule has 2 aliphatic rings. The summed E-state index contributed by atoms with van der Waals surface area (Å²) in [4.78, 5) is 14.0. The predicted octanol–water partition coefficient (Wildman–Crippen LogP) is 2.09. The first kappa shape index (κ1) is 20.6. The zero-order valence-electron chi connectivity index (χ0n) is 15.3. The first-order valence-corrected chi connectivity index (χ1v) is 11.6. The first-order valence-electron chi connectivity index (χ1n) is 9.38. The smallest absolute Gasteiger partial charge is 0.282 e. The van der Waals surface area contributed by atoms with Crippen LogP contribution in [0.15, 0.2) is 28.7 Å². The molecule has 0 radical (unpaired) electrons. The highest BCUT2D eigenvalue weighted by molar-refractivity contribution is 9.10. The highest BCUT2D eigenvalue weighted by Gasteiger charge is 2.33. The fourth-order valence-electron chi connectivity index (χ4n) is 3.37. The molecule has 2 saturated heterocycles. The van der Waals surface area contributed by atoms with Gasteiger partial charge in [-0.05, 0) is 37.1 Å². The minimum atomic E-state index is -3.42. The van der Waals surface area contributed by atoms with Gasteiger partial charge in [-0.3, -0.25) is 4.79 Å². The Balaban J connectivity index is 1.48. The second-order valence-electron chi connectivity index (χ2n) is 6.84. The molecule has 0 spiro atoms. The van der Waals surface area contributed by atoms with E-state index in [0.29, 0.717) is 45.0 Å². The van der Waals surface area contributed by atoms with Gasteiger partial charge in [0, 0.05) is 43.7 Å². The molecule has 2 aliphatic heterocycles. The molecule has 3 rings (SSSR count). The van der Waals surface area contributed by atoms with Crippen LogP contribution in [0.2, 0.25) is 0 Å². The molecule has 0 atom stereocenters. The van der Waals surface area contributed by atoms with Crippen LogP contribution in [-0.4, -0.2) is 73.7 Å². The van der Waals surface area contributed by atoms with E-state index in [-0.39, 0.29) is 12.5 Å². The van der Waals surface area contributed by atoms with E-state index in [1.807, 2.05) is 12.1 Å². The van der Waals surface area contributed by atoms with Crippen LogP contribution in [0.4, 0.5) is 0 Å². The van der Waals surface area contributed by atoms with E-state index in [9.17, 15) is 13.2 Å². The Morgan fingerprint density at radius 3 is 2.04 bits per heavy atom. The molecular formula is C18H26BrN3O4S. The molecule has 2 fully saturated rings. The van der Waals surface area contributed by atoms with Crippen LogP contribution >= 0.6 is 15.9 Å². The van der Waals surface area contributed by atoms with E-state index >= 15 is 0 Å². The minimum Gasteiger partial charge on any atom is -0.484 e. The molecule has 1 aromatic carbocycles. The molecular weight excluding hydrogens is 434 g/mol. The normalized spacial score (nSPS) is 20.3. The lowest BCUT2D eigenvalue weighted by molar-refractivity contribution is -0.134. The van der Waals surface area contributed by atoms with Gasteiger partial charge in [0.2, 0.25) is 0 Å². The van der Waals surface area contributed by atoms with Gasteiger partial charge in [-0.25, -0.2) is 0 Å². The number of carbonyl (C=O) groups excluding carboxylic acids is 1. The summed E-state index contributed by atoms with van der Waals surface area (Å²) in [5.74, 6) is 0.513. The summed E-state index contributed by atoms with van der Waals surface area (Å²) in [6.45, 7) is 2.63. The molecule has 9 heteroatoms. The monoisotopic (exact) mass is 459 g/mol. The Labute approximate surface area is 169 Å². The zero-order chi connectivity index (χ0) is 19.3. The Morgan fingerprint density at radius 1 is 0.889 bits per heavy atom. The van der Waals surface area contributed by atoms with Crippen LogP contribution < -0.4 is 4.74 Å². The Morgan fingerprint density at radius 2 is 1.44 bits per heavy atom. The third kappa shape index (κ3) is 5.43. The summed E-state index contributed by atoms with van der Waals surface area (Å²) >= 11 is 3.35. The van der Waals surface area contributed by atoms with E-state index < -0.39 is 10.2 Å². The summed E-state index contributed by atoms with van der Waals surface area (Å²) in [7, 11) is -3.42. The van der Waals surface area contributed by atoms with Crippen molar-refractivity contribution < 1.29 is 17.9 Å². The molecule has 0 aromatic heterocycles. The molecule has 27 heavy (non-hydrogen) atoms. The van der Waals surface area contributed by atoms with Crippen molar-refractivity contribution in [2.45, 2.75) is 25.7 Å². The van der Waals surface area contributed by atoms with Crippen LogP contribution in [0.25, 0.3) is 0 Å². The Kier molecular flexibility index (Phi) is 7.13. The van der Waals surface area contributed by atoms with E-state index in [1.165, 1.54) is 4.31 Å². The number of hydrogen-bond donors (Lipinski definition) is 0. The molecule has 0 N–H and O–H groups in total. The van der Waals surface area contributed by atoms with Gasteiger partial charge in [0.25, 0.3) is 16.1 Å². The fraction of sp³-hybridized carbons (Fsp3) is 0.611. The van der Waals surface area contributed by atoms with Crippen molar-refractivity contribution in [2.75, 3.05) is 45.9 Å². The highest BCUT2D eigenvalue weighted by atomic mass is 79.9. The molecule has 7 nitrogen and oxygen atoms in total. The van der Waals surface area contributed by atoms with Gasteiger partial charge in [-0.15, -0.1) is 0 Å². The Hall–Kier alpha value is -1.16. The first-order chi connectivity index (χ1) is 13.0. The highest BCUT2D eigenvalue weighted by Crippen LogP contribution is 2.19. The molecule has 0 unspecified atom stereocenters. The van der Waals surface area contributed by atoms with E-state index in [0.717, 1.165) is 30.2 Å². The van der Waals surface area contributed by atoms with Crippen molar-refractivity contribution in [3.63, 3.8) is 0 Å². The van der Waals surface area contributed by atoms with Crippen LogP contribution in [-0.2, 0) is 15.0 Å². The number of rotatable bonds is 5. The average Bonchev–Trinajstić information content (AvgIpc) is 2.97. The van der Waals surface area contributed by atoms with Gasteiger partial charge in [0.1, 0.15) is 5.75 Å². The van der Waals surface area contributed by atoms with Crippen molar-refractivity contribution in [2.24, 2.45) is 0 Å². The summed E-state index contributed by atoms with van der Waals surface area (Å²) in [6, 6.07) is 7.30. The van der Waals surface area contributed by atoms with E-state index in [2.05, 4.69) is 15.9 Å². The average molecular weight is 460 g/mol. The van der Waals surface area contributed by atoms with Gasteiger partial charge in [0.15, 0.2) is 6.61 Å². The lowest BCUT2D eigenvalue weighted by Gasteiger charge is -2.36. The van der Waals surface area contributed by atoms with Crippen LogP contribution in [0.5, 0.6) is 5.75 Å². The summed E-state index contributed by atoms with van der Waals surface area (Å²) in [5, 5.41) is 0. The minimum absolute atomic E-state index is 0.0412. The molecule has 2 heterocycles. The van der Waals surface area contributed by atoms with E-state index in [4.69, 9.17) is 4.74 Å². The quantitative estimate of drug-likeness (QED) is 0.675. The van der Waals surface area contributed by atoms with Crippen LogP contribution in [0.1, 0.15) is 25.7 Å². The maximum absolute atomic E-state index is 12.8. The lowest BCUT2D eigenvalue weighted by Crippen LogP contribution is -2.55. The van der Waals surface area contributed by atoms with Gasteiger partial charge in [-0.1, -0.05) is 28.8 Å². The molecule has 1 aromatic rings. The largest absolute Gasteiger partial charge is 0.484 e. The number of amides is 1. The van der Waals surface area contributed by atoms with Gasteiger partial charge >= 0.3 is 0 Å². The van der Waals surface area contributed by atoms with Crippen molar-refractivity contribution in [3.05, 3.63) is 28.7 Å². The zero-order valence-corrected chi connectivity index (χ0v) is 17.8. The van der Waals surface area contributed by atoms with Gasteiger partial charge in [-0.2, -0.15) is 17.0 Å². The SMILES string of the molecule is O=C(COc1ccc(Br)cc1)N1CCN(S(=O)(=O)N2CCCCCC2)CC1.